The number of rotatable bonds is 8. The van der Waals surface area contributed by atoms with E-state index in [-0.39, 0.29) is 0 Å². The molecule has 1 aromatic rings. The van der Waals surface area contributed by atoms with Gasteiger partial charge in [0.2, 0.25) is 0 Å². The molecule has 0 aromatic heterocycles. The zero-order valence-corrected chi connectivity index (χ0v) is 13.7. The SMILES string of the molecule is CCNC(CCC1CCCO1)CSc1ccc(Cl)cc1. The molecule has 112 valence electrons. The van der Waals surface area contributed by atoms with Gasteiger partial charge >= 0.3 is 0 Å². The van der Waals surface area contributed by atoms with Gasteiger partial charge in [0, 0.05) is 28.3 Å². The Balaban J connectivity index is 1.74. The van der Waals surface area contributed by atoms with Crippen LogP contribution < -0.4 is 5.32 Å². The lowest BCUT2D eigenvalue weighted by molar-refractivity contribution is 0.100. The van der Waals surface area contributed by atoms with E-state index in [9.17, 15) is 0 Å². The second kappa shape index (κ2) is 8.93. The highest BCUT2D eigenvalue weighted by Crippen LogP contribution is 2.23. The zero-order valence-electron chi connectivity index (χ0n) is 12.1. The first-order valence-corrected chi connectivity index (χ1v) is 8.87. The molecule has 0 bridgehead atoms. The van der Waals surface area contributed by atoms with Crippen molar-refractivity contribution in [2.24, 2.45) is 0 Å². The fraction of sp³-hybridized carbons (Fsp3) is 0.625. The van der Waals surface area contributed by atoms with Gasteiger partial charge < -0.3 is 10.1 Å². The van der Waals surface area contributed by atoms with Crippen molar-refractivity contribution < 1.29 is 4.74 Å². The van der Waals surface area contributed by atoms with Gasteiger partial charge in [-0.25, -0.2) is 0 Å². The average molecular weight is 314 g/mol. The molecule has 0 aliphatic carbocycles. The van der Waals surface area contributed by atoms with Crippen molar-refractivity contribution in [2.75, 3.05) is 18.9 Å². The minimum absolute atomic E-state index is 0.497. The van der Waals surface area contributed by atoms with E-state index in [0.29, 0.717) is 12.1 Å². The van der Waals surface area contributed by atoms with E-state index in [4.69, 9.17) is 16.3 Å². The molecular formula is C16H24ClNOS. The Morgan fingerprint density at radius 2 is 2.20 bits per heavy atom. The summed E-state index contributed by atoms with van der Waals surface area (Å²) in [4.78, 5) is 1.29. The Morgan fingerprint density at radius 3 is 2.85 bits per heavy atom. The molecule has 1 aliphatic rings. The first-order chi connectivity index (χ1) is 9.78. The third-order valence-corrected chi connectivity index (χ3v) is 5.05. The van der Waals surface area contributed by atoms with Gasteiger partial charge in [-0.05, 0) is 56.5 Å². The molecule has 1 saturated heterocycles. The van der Waals surface area contributed by atoms with E-state index < -0.39 is 0 Å². The third kappa shape index (κ3) is 5.65. The van der Waals surface area contributed by atoms with Gasteiger partial charge in [0.05, 0.1) is 6.10 Å². The largest absolute Gasteiger partial charge is 0.378 e. The number of ether oxygens (including phenoxy) is 1. The fourth-order valence-electron chi connectivity index (χ4n) is 2.52. The van der Waals surface area contributed by atoms with Crippen molar-refractivity contribution in [2.45, 2.75) is 49.6 Å². The molecule has 1 heterocycles. The highest BCUT2D eigenvalue weighted by Gasteiger charge is 2.17. The third-order valence-electron chi connectivity index (χ3n) is 3.62. The van der Waals surface area contributed by atoms with Crippen molar-refractivity contribution >= 4 is 23.4 Å². The smallest absolute Gasteiger partial charge is 0.0576 e. The lowest BCUT2D eigenvalue weighted by Gasteiger charge is -2.19. The van der Waals surface area contributed by atoms with Gasteiger partial charge in [-0.1, -0.05) is 18.5 Å². The van der Waals surface area contributed by atoms with Crippen LogP contribution in [0.3, 0.4) is 0 Å². The van der Waals surface area contributed by atoms with E-state index in [0.717, 1.165) is 23.9 Å². The maximum Gasteiger partial charge on any atom is 0.0576 e. The zero-order chi connectivity index (χ0) is 14.2. The van der Waals surface area contributed by atoms with Crippen molar-refractivity contribution in [3.05, 3.63) is 29.3 Å². The van der Waals surface area contributed by atoms with Gasteiger partial charge in [0.1, 0.15) is 0 Å². The van der Waals surface area contributed by atoms with E-state index in [1.54, 1.807) is 0 Å². The average Bonchev–Trinajstić information content (AvgIpc) is 2.97. The summed E-state index contributed by atoms with van der Waals surface area (Å²) in [6.45, 7) is 4.15. The normalized spacial score (nSPS) is 20.2. The van der Waals surface area contributed by atoms with Crippen LogP contribution in [-0.4, -0.2) is 31.1 Å². The molecule has 1 fully saturated rings. The van der Waals surface area contributed by atoms with Crippen LogP contribution in [0.2, 0.25) is 5.02 Å². The summed E-state index contributed by atoms with van der Waals surface area (Å²) in [6, 6.07) is 8.66. The number of benzene rings is 1. The molecule has 0 spiro atoms. The predicted molar refractivity (Wildman–Crippen MR) is 87.8 cm³/mol. The number of hydrogen-bond donors (Lipinski definition) is 1. The predicted octanol–water partition coefficient (Wildman–Crippen LogP) is 4.37. The Hall–Kier alpha value is -0.220. The summed E-state index contributed by atoms with van der Waals surface area (Å²) in [5, 5.41) is 4.39. The maximum atomic E-state index is 5.91. The standard InChI is InChI=1S/C16H24ClNOS/c1-2-18-14(7-8-15-4-3-11-19-15)12-20-16-9-5-13(17)6-10-16/h5-6,9-10,14-15,18H,2-4,7-8,11-12H2,1H3. The molecule has 4 heteroatoms. The summed E-state index contributed by atoms with van der Waals surface area (Å²) in [5.74, 6) is 1.10. The maximum absolute atomic E-state index is 5.91. The number of thioether (sulfide) groups is 1. The molecule has 20 heavy (non-hydrogen) atoms. The molecule has 2 unspecified atom stereocenters. The molecule has 1 aromatic carbocycles. The van der Waals surface area contributed by atoms with Crippen molar-refractivity contribution in [3.63, 3.8) is 0 Å². The molecular weight excluding hydrogens is 290 g/mol. The molecule has 1 aliphatic heterocycles. The van der Waals surface area contributed by atoms with Gasteiger partial charge in [0.15, 0.2) is 0 Å². The second-order valence-electron chi connectivity index (χ2n) is 5.23. The van der Waals surface area contributed by atoms with E-state index in [1.165, 1.54) is 30.6 Å². The quantitative estimate of drug-likeness (QED) is 0.720. The summed E-state index contributed by atoms with van der Waals surface area (Å²) >= 11 is 7.81. The molecule has 0 saturated carbocycles. The second-order valence-corrected chi connectivity index (χ2v) is 6.76. The van der Waals surface area contributed by atoms with Gasteiger partial charge in [0.25, 0.3) is 0 Å². The summed E-state index contributed by atoms with van der Waals surface area (Å²) in [7, 11) is 0. The lowest BCUT2D eigenvalue weighted by Crippen LogP contribution is -2.32. The molecule has 2 rings (SSSR count). The minimum atomic E-state index is 0.497. The molecule has 1 N–H and O–H groups in total. The van der Waals surface area contributed by atoms with E-state index in [2.05, 4.69) is 24.4 Å². The van der Waals surface area contributed by atoms with Crippen molar-refractivity contribution in [1.82, 2.24) is 5.32 Å². The van der Waals surface area contributed by atoms with Crippen LogP contribution in [0.15, 0.2) is 29.2 Å². The lowest BCUT2D eigenvalue weighted by atomic mass is 10.1. The monoisotopic (exact) mass is 313 g/mol. The minimum Gasteiger partial charge on any atom is -0.378 e. The highest BCUT2D eigenvalue weighted by molar-refractivity contribution is 7.99. The van der Waals surface area contributed by atoms with Crippen molar-refractivity contribution in [1.29, 1.82) is 0 Å². The van der Waals surface area contributed by atoms with Crippen LogP contribution in [0.5, 0.6) is 0 Å². The van der Waals surface area contributed by atoms with Gasteiger partial charge in [-0.15, -0.1) is 11.8 Å². The molecule has 2 atom stereocenters. The molecule has 2 nitrogen and oxygen atoms in total. The topological polar surface area (TPSA) is 21.3 Å². The van der Waals surface area contributed by atoms with Crippen LogP contribution >= 0.6 is 23.4 Å². The first kappa shape index (κ1) is 16.2. The number of hydrogen-bond acceptors (Lipinski definition) is 3. The van der Waals surface area contributed by atoms with Gasteiger partial charge in [-0.2, -0.15) is 0 Å². The Labute approximate surface area is 131 Å². The summed E-state index contributed by atoms with van der Waals surface area (Å²) < 4.78 is 5.71. The fourth-order valence-corrected chi connectivity index (χ4v) is 3.65. The Kier molecular flexibility index (Phi) is 7.22. The number of halogens is 1. The Morgan fingerprint density at radius 1 is 1.40 bits per heavy atom. The van der Waals surface area contributed by atoms with Crippen molar-refractivity contribution in [3.8, 4) is 0 Å². The summed E-state index contributed by atoms with van der Waals surface area (Å²) in [6.07, 6.45) is 5.34. The van der Waals surface area contributed by atoms with Crippen LogP contribution in [0.1, 0.15) is 32.6 Å². The van der Waals surface area contributed by atoms with E-state index in [1.807, 2.05) is 23.9 Å². The van der Waals surface area contributed by atoms with Crippen LogP contribution in [-0.2, 0) is 4.74 Å². The Bertz CT molecular complexity index is 379. The van der Waals surface area contributed by atoms with Crippen LogP contribution in [0.4, 0.5) is 0 Å². The molecule has 0 radical (unpaired) electrons. The van der Waals surface area contributed by atoms with Crippen LogP contribution in [0.25, 0.3) is 0 Å². The highest BCUT2D eigenvalue weighted by atomic mass is 35.5. The number of nitrogens with one attached hydrogen (secondary N) is 1. The first-order valence-electron chi connectivity index (χ1n) is 7.51. The van der Waals surface area contributed by atoms with E-state index >= 15 is 0 Å². The molecule has 0 amide bonds. The van der Waals surface area contributed by atoms with Gasteiger partial charge in [-0.3, -0.25) is 0 Å². The van der Waals surface area contributed by atoms with Crippen LogP contribution in [0, 0.1) is 0 Å². The summed E-state index contributed by atoms with van der Waals surface area (Å²) in [5.41, 5.74) is 0.